The summed E-state index contributed by atoms with van der Waals surface area (Å²) in [7, 11) is 0. The van der Waals surface area contributed by atoms with Crippen LogP contribution in [0.4, 0.5) is 19.0 Å². The summed E-state index contributed by atoms with van der Waals surface area (Å²) in [6, 6.07) is 5.07. The van der Waals surface area contributed by atoms with Gasteiger partial charge in [0.25, 0.3) is 0 Å². The number of alkyl halides is 3. The number of aryl methyl sites for hydroxylation is 1. The van der Waals surface area contributed by atoms with Crippen molar-refractivity contribution in [1.82, 2.24) is 9.55 Å². The van der Waals surface area contributed by atoms with Gasteiger partial charge < -0.3 is 10.3 Å². The Hall–Kier alpha value is -1.98. The molecule has 0 radical (unpaired) electrons. The minimum atomic E-state index is -4.34. The molecule has 0 unspecified atom stereocenters. The van der Waals surface area contributed by atoms with Crippen molar-refractivity contribution in [3.63, 3.8) is 0 Å². The summed E-state index contributed by atoms with van der Waals surface area (Å²) in [5.41, 5.74) is 6.57. The van der Waals surface area contributed by atoms with E-state index in [0.717, 1.165) is 18.0 Å². The molecule has 2 rings (SSSR count). The first-order chi connectivity index (χ1) is 9.75. The molecule has 0 atom stereocenters. The highest BCUT2D eigenvalue weighted by molar-refractivity contribution is 5.71. The van der Waals surface area contributed by atoms with Crippen LogP contribution in [0.5, 0.6) is 0 Å². The SMILES string of the molecule is CCc1nc(-c2ccc(C(F)(F)F)cc2)c(N)n1C(C)C. The predicted octanol–water partition coefficient (Wildman–Crippen LogP) is 4.29. The van der Waals surface area contributed by atoms with E-state index in [4.69, 9.17) is 5.73 Å². The molecule has 0 amide bonds. The zero-order valence-corrected chi connectivity index (χ0v) is 12.2. The van der Waals surface area contributed by atoms with E-state index in [1.165, 1.54) is 12.1 Å². The fourth-order valence-corrected chi connectivity index (χ4v) is 2.35. The van der Waals surface area contributed by atoms with E-state index in [2.05, 4.69) is 4.98 Å². The number of aromatic nitrogens is 2. The van der Waals surface area contributed by atoms with E-state index in [9.17, 15) is 13.2 Å². The maximum absolute atomic E-state index is 12.6. The van der Waals surface area contributed by atoms with Crippen LogP contribution in [0, 0.1) is 0 Å². The van der Waals surface area contributed by atoms with E-state index < -0.39 is 11.7 Å². The number of benzene rings is 1. The van der Waals surface area contributed by atoms with Crippen LogP contribution in [0.3, 0.4) is 0 Å². The molecule has 1 aromatic carbocycles. The lowest BCUT2D eigenvalue weighted by atomic mass is 10.1. The number of rotatable bonds is 3. The Balaban J connectivity index is 2.48. The number of hydrogen-bond acceptors (Lipinski definition) is 2. The quantitative estimate of drug-likeness (QED) is 0.918. The monoisotopic (exact) mass is 297 g/mol. The Morgan fingerprint density at radius 3 is 2.14 bits per heavy atom. The van der Waals surface area contributed by atoms with Crippen molar-refractivity contribution in [2.45, 2.75) is 39.4 Å². The van der Waals surface area contributed by atoms with Crippen molar-refractivity contribution >= 4 is 5.82 Å². The molecule has 1 heterocycles. The Labute approximate surface area is 121 Å². The van der Waals surface area contributed by atoms with Gasteiger partial charge in [-0.2, -0.15) is 13.2 Å². The van der Waals surface area contributed by atoms with E-state index in [-0.39, 0.29) is 6.04 Å². The zero-order chi connectivity index (χ0) is 15.8. The van der Waals surface area contributed by atoms with Crippen molar-refractivity contribution < 1.29 is 13.2 Å². The minimum absolute atomic E-state index is 0.149. The molecule has 0 bridgehead atoms. The number of nitrogens with zero attached hydrogens (tertiary/aromatic N) is 2. The summed E-state index contributed by atoms with van der Waals surface area (Å²) in [6.45, 7) is 5.96. The van der Waals surface area contributed by atoms with Crippen LogP contribution >= 0.6 is 0 Å². The fraction of sp³-hybridized carbons (Fsp3) is 0.400. The van der Waals surface area contributed by atoms with Gasteiger partial charge in [0, 0.05) is 18.0 Å². The van der Waals surface area contributed by atoms with Gasteiger partial charge in [0.05, 0.1) is 5.56 Å². The number of hydrogen-bond donors (Lipinski definition) is 1. The van der Waals surface area contributed by atoms with E-state index in [1.54, 1.807) is 0 Å². The third-order valence-electron chi connectivity index (χ3n) is 3.34. The fourth-order valence-electron chi connectivity index (χ4n) is 2.35. The lowest BCUT2D eigenvalue weighted by molar-refractivity contribution is -0.137. The van der Waals surface area contributed by atoms with Crippen molar-refractivity contribution in [3.05, 3.63) is 35.7 Å². The second-order valence-corrected chi connectivity index (χ2v) is 5.15. The van der Waals surface area contributed by atoms with Crippen LogP contribution in [-0.4, -0.2) is 9.55 Å². The summed E-state index contributed by atoms with van der Waals surface area (Å²) in [6.07, 6.45) is -3.63. The van der Waals surface area contributed by atoms with Crippen molar-refractivity contribution in [2.24, 2.45) is 0 Å². The van der Waals surface area contributed by atoms with E-state index in [1.807, 2.05) is 25.3 Å². The number of anilines is 1. The molecule has 0 saturated carbocycles. The van der Waals surface area contributed by atoms with Gasteiger partial charge in [0.15, 0.2) is 0 Å². The van der Waals surface area contributed by atoms with Crippen LogP contribution in [-0.2, 0) is 12.6 Å². The molecule has 2 N–H and O–H groups in total. The highest BCUT2D eigenvalue weighted by Crippen LogP contribution is 2.33. The third kappa shape index (κ3) is 2.89. The van der Waals surface area contributed by atoms with Gasteiger partial charge in [-0.25, -0.2) is 4.98 Å². The average molecular weight is 297 g/mol. The standard InChI is InChI=1S/C15H18F3N3/c1-4-12-20-13(14(19)21(12)9(2)3)10-5-7-11(8-6-10)15(16,17)18/h5-9H,4,19H2,1-3H3. The van der Waals surface area contributed by atoms with Crippen LogP contribution < -0.4 is 5.73 Å². The molecule has 0 fully saturated rings. The van der Waals surface area contributed by atoms with Gasteiger partial charge in [0.1, 0.15) is 17.3 Å². The Kier molecular flexibility index (Phi) is 3.98. The predicted molar refractivity (Wildman–Crippen MR) is 76.8 cm³/mol. The Morgan fingerprint density at radius 1 is 1.19 bits per heavy atom. The topological polar surface area (TPSA) is 43.8 Å². The number of halogens is 3. The third-order valence-corrected chi connectivity index (χ3v) is 3.34. The van der Waals surface area contributed by atoms with Crippen molar-refractivity contribution in [3.8, 4) is 11.3 Å². The highest BCUT2D eigenvalue weighted by Gasteiger charge is 2.30. The molecule has 0 aliphatic heterocycles. The summed E-state index contributed by atoms with van der Waals surface area (Å²) >= 11 is 0. The van der Waals surface area contributed by atoms with Crippen LogP contribution in [0.2, 0.25) is 0 Å². The maximum atomic E-state index is 12.6. The number of imidazole rings is 1. The van der Waals surface area contributed by atoms with E-state index in [0.29, 0.717) is 23.5 Å². The largest absolute Gasteiger partial charge is 0.416 e. The van der Waals surface area contributed by atoms with Gasteiger partial charge in [-0.3, -0.25) is 0 Å². The van der Waals surface area contributed by atoms with Crippen molar-refractivity contribution in [2.75, 3.05) is 5.73 Å². The highest BCUT2D eigenvalue weighted by atomic mass is 19.4. The maximum Gasteiger partial charge on any atom is 0.416 e. The van der Waals surface area contributed by atoms with Crippen molar-refractivity contribution in [1.29, 1.82) is 0 Å². The average Bonchev–Trinajstić information content (AvgIpc) is 2.75. The molecule has 0 saturated heterocycles. The molecule has 0 spiro atoms. The summed E-state index contributed by atoms with van der Waals surface area (Å²) in [4.78, 5) is 4.47. The molecular formula is C15H18F3N3. The van der Waals surface area contributed by atoms with Gasteiger partial charge >= 0.3 is 6.18 Å². The van der Waals surface area contributed by atoms with Gasteiger partial charge in [-0.1, -0.05) is 19.1 Å². The smallest absolute Gasteiger partial charge is 0.383 e. The summed E-state index contributed by atoms with van der Waals surface area (Å²) in [5.74, 6) is 1.32. The summed E-state index contributed by atoms with van der Waals surface area (Å²) < 4.78 is 39.7. The van der Waals surface area contributed by atoms with E-state index >= 15 is 0 Å². The normalized spacial score (nSPS) is 12.1. The van der Waals surface area contributed by atoms with Gasteiger partial charge in [-0.05, 0) is 26.0 Å². The molecule has 114 valence electrons. The summed E-state index contributed by atoms with van der Waals surface area (Å²) in [5, 5.41) is 0. The second-order valence-electron chi connectivity index (χ2n) is 5.15. The van der Waals surface area contributed by atoms with Crippen LogP contribution in [0.25, 0.3) is 11.3 Å². The lowest BCUT2D eigenvalue weighted by Gasteiger charge is -2.12. The first-order valence-electron chi connectivity index (χ1n) is 6.79. The number of nitrogen functional groups attached to an aromatic ring is 1. The Bertz CT molecular complexity index is 625. The lowest BCUT2D eigenvalue weighted by Crippen LogP contribution is -2.09. The first-order valence-corrected chi connectivity index (χ1v) is 6.79. The molecule has 0 aliphatic rings. The zero-order valence-electron chi connectivity index (χ0n) is 12.2. The van der Waals surface area contributed by atoms with Gasteiger partial charge in [-0.15, -0.1) is 0 Å². The van der Waals surface area contributed by atoms with Crippen LogP contribution in [0.15, 0.2) is 24.3 Å². The minimum Gasteiger partial charge on any atom is -0.383 e. The second kappa shape index (κ2) is 5.42. The molecule has 1 aromatic heterocycles. The number of nitrogens with two attached hydrogens (primary N) is 1. The molecule has 21 heavy (non-hydrogen) atoms. The molecule has 3 nitrogen and oxygen atoms in total. The molecule has 2 aromatic rings. The molecule has 0 aliphatic carbocycles. The molecule has 6 heteroatoms. The van der Waals surface area contributed by atoms with Crippen LogP contribution in [0.1, 0.15) is 38.2 Å². The van der Waals surface area contributed by atoms with Gasteiger partial charge in [0.2, 0.25) is 0 Å². The Morgan fingerprint density at radius 2 is 1.76 bits per heavy atom. The molecular weight excluding hydrogens is 279 g/mol. The first kappa shape index (κ1) is 15.4.